The zero-order valence-electron chi connectivity index (χ0n) is 13.0. The second kappa shape index (κ2) is 10.2. The van der Waals surface area contributed by atoms with Gasteiger partial charge in [-0.25, -0.2) is 0 Å². The van der Waals surface area contributed by atoms with Crippen molar-refractivity contribution >= 4 is 5.97 Å². The summed E-state index contributed by atoms with van der Waals surface area (Å²) in [4.78, 5) is 11.3. The minimum absolute atomic E-state index is 0.592. The van der Waals surface area contributed by atoms with Crippen LogP contribution in [0.4, 0.5) is 0 Å². The van der Waals surface area contributed by atoms with Crippen molar-refractivity contribution in [1.29, 1.82) is 0 Å². The average Bonchev–Trinajstić information content (AvgIpc) is 2.36. The molecule has 0 saturated heterocycles. The highest BCUT2D eigenvalue weighted by molar-refractivity contribution is 5.78. The lowest BCUT2D eigenvalue weighted by Crippen LogP contribution is -2.49. The molecule has 2 atom stereocenters. The summed E-state index contributed by atoms with van der Waals surface area (Å²) in [5, 5.41) is 12.4. The molecule has 4 heteroatoms. The molecule has 0 heterocycles. The van der Waals surface area contributed by atoms with Gasteiger partial charge in [0.15, 0.2) is 0 Å². The Morgan fingerprint density at radius 1 is 1.37 bits per heavy atom. The number of carbonyl (C=O) groups is 1. The Morgan fingerprint density at radius 2 is 2.05 bits per heavy atom. The predicted octanol–water partition coefficient (Wildman–Crippen LogP) is 3.06. The Bertz CT molecular complexity index is 246. The van der Waals surface area contributed by atoms with E-state index in [1.165, 1.54) is 12.8 Å². The van der Waals surface area contributed by atoms with E-state index in [4.69, 9.17) is 4.74 Å². The molecule has 0 aliphatic rings. The highest BCUT2D eigenvalue weighted by Crippen LogP contribution is 2.13. The average molecular weight is 273 g/mol. The van der Waals surface area contributed by atoms with Gasteiger partial charge in [0.25, 0.3) is 0 Å². The van der Waals surface area contributed by atoms with E-state index in [2.05, 4.69) is 19.2 Å². The van der Waals surface area contributed by atoms with Gasteiger partial charge in [0.1, 0.15) is 5.54 Å². The zero-order valence-corrected chi connectivity index (χ0v) is 13.0. The van der Waals surface area contributed by atoms with Gasteiger partial charge >= 0.3 is 5.97 Å². The number of carboxylic acid groups (broad SMARTS) is 1. The largest absolute Gasteiger partial charge is 0.480 e. The fourth-order valence-corrected chi connectivity index (χ4v) is 2.06. The lowest BCUT2D eigenvalue weighted by molar-refractivity contribution is -0.144. The van der Waals surface area contributed by atoms with Crippen LogP contribution in [0.5, 0.6) is 0 Å². The van der Waals surface area contributed by atoms with Crippen LogP contribution in [0, 0.1) is 5.92 Å². The second-order valence-electron chi connectivity index (χ2n) is 5.64. The van der Waals surface area contributed by atoms with Crippen molar-refractivity contribution < 1.29 is 14.6 Å². The van der Waals surface area contributed by atoms with Crippen LogP contribution in [0.25, 0.3) is 0 Å². The van der Waals surface area contributed by atoms with E-state index >= 15 is 0 Å². The molecule has 0 rings (SSSR count). The molecule has 0 aromatic carbocycles. The summed E-state index contributed by atoms with van der Waals surface area (Å²) in [7, 11) is 0. The van der Waals surface area contributed by atoms with Crippen LogP contribution >= 0.6 is 0 Å². The molecule has 0 aliphatic heterocycles. The highest BCUT2D eigenvalue weighted by Gasteiger charge is 2.31. The molecule has 114 valence electrons. The summed E-state index contributed by atoms with van der Waals surface area (Å²) < 4.78 is 5.61. The summed E-state index contributed by atoms with van der Waals surface area (Å²) in [6.45, 7) is 10.3. The smallest absolute Gasteiger partial charge is 0.323 e. The van der Waals surface area contributed by atoms with Crippen LogP contribution in [-0.4, -0.2) is 36.4 Å². The minimum atomic E-state index is -0.825. The number of hydrogen-bond donors (Lipinski definition) is 2. The van der Waals surface area contributed by atoms with Crippen LogP contribution in [0.15, 0.2) is 0 Å². The first kappa shape index (κ1) is 18.4. The fourth-order valence-electron chi connectivity index (χ4n) is 2.06. The first-order chi connectivity index (χ1) is 8.96. The monoisotopic (exact) mass is 273 g/mol. The number of hydrogen-bond acceptors (Lipinski definition) is 3. The van der Waals surface area contributed by atoms with Crippen molar-refractivity contribution in [3.63, 3.8) is 0 Å². The number of ether oxygens (including phenoxy) is 1. The van der Waals surface area contributed by atoms with Gasteiger partial charge in [-0.05, 0) is 45.1 Å². The number of nitrogens with one attached hydrogen (secondary N) is 1. The summed E-state index contributed by atoms with van der Waals surface area (Å²) >= 11 is 0. The van der Waals surface area contributed by atoms with Crippen molar-refractivity contribution in [1.82, 2.24) is 5.32 Å². The Balaban J connectivity index is 3.84. The molecule has 0 aromatic heterocycles. The second-order valence-corrected chi connectivity index (χ2v) is 5.64. The number of carboxylic acids is 1. The Kier molecular flexibility index (Phi) is 9.88. The topological polar surface area (TPSA) is 58.6 Å². The van der Waals surface area contributed by atoms with Crippen molar-refractivity contribution in [2.45, 2.75) is 65.3 Å². The maximum atomic E-state index is 11.3. The van der Waals surface area contributed by atoms with Crippen molar-refractivity contribution in [3.8, 4) is 0 Å². The van der Waals surface area contributed by atoms with Crippen molar-refractivity contribution in [3.05, 3.63) is 0 Å². The molecule has 2 N–H and O–H groups in total. The lowest BCUT2D eigenvalue weighted by atomic mass is 9.96. The summed E-state index contributed by atoms with van der Waals surface area (Å²) in [5.74, 6) is -0.186. The van der Waals surface area contributed by atoms with Gasteiger partial charge in [0.05, 0.1) is 0 Å². The van der Waals surface area contributed by atoms with Crippen LogP contribution in [0.2, 0.25) is 0 Å². The van der Waals surface area contributed by atoms with Crippen LogP contribution < -0.4 is 5.32 Å². The van der Waals surface area contributed by atoms with E-state index in [9.17, 15) is 9.90 Å². The van der Waals surface area contributed by atoms with Crippen molar-refractivity contribution in [2.24, 2.45) is 5.92 Å². The SMILES string of the molecule is CCCNC(C)(CCCOCC(C)CCC)C(=O)O. The Hall–Kier alpha value is -0.610. The summed E-state index contributed by atoms with van der Waals surface area (Å²) in [6, 6.07) is 0. The molecule has 0 fully saturated rings. The molecule has 0 aliphatic carbocycles. The van der Waals surface area contributed by atoms with Crippen LogP contribution in [0.3, 0.4) is 0 Å². The van der Waals surface area contributed by atoms with Gasteiger partial charge < -0.3 is 15.2 Å². The third-order valence-electron chi connectivity index (χ3n) is 3.39. The maximum absolute atomic E-state index is 11.3. The molecule has 0 bridgehead atoms. The minimum Gasteiger partial charge on any atom is -0.480 e. The van der Waals surface area contributed by atoms with Gasteiger partial charge in [-0.1, -0.05) is 27.2 Å². The molecular weight excluding hydrogens is 242 g/mol. The lowest BCUT2D eigenvalue weighted by Gasteiger charge is -2.26. The summed E-state index contributed by atoms with van der Waals surface area (Å²) in [5.41, 5.74) is -0.825. The molecule has 19 heavy (non-hydrogen) atoms. The highest BCUT2D eigenvalue weighted by atomic mass is 16.5. The van der Waals surface area contributed by atoms with Crippen LogP contribution in [0.1, 0.15) is 59.8 Å². The van der Waals surface area contributed by atoms with Crippen LogP contribution in [-0.2, 0) is 9.53 Å². The van der Waals surface area contributed by atoms with E-state index in [0.717, 1.165) is 26.0 Å². The molecular formula is C15H31NO3. The number of aliphatic carboxylic acids is 1. The van der Waals surface area contributed by atoms with Gasteiger partial charge in [-0.15, -0.1) is 0 Å². The fraction of sp³-hybridized carbons (Fsp3) is 0.933. The first-order valence-corrected chi connectivity index (χ1v) is 7.52. The standard InChI is InChI=1S/C15H31NO3/c1-5-8-13(3)12-19-11-7-9-15(4,14(17)18)16-10-6-2/h13,16H,5-12H2,1-4H3,(H,17,18). The van der Waals surface area contributed by atoms with E-state index in [-0.39, 0.29) is 0 Å². The van der Waals surface area contributed by atoms with Gasteiger partial charge in [-0.3, -0.25) is 4.79 Å². The van der Waals surface area contributed by atoms with Gasteiger partial charge in [0.2, 0.25) is 0 Å². The molecule has 0 saturated carbocycles. The molecule has 0 spiro atoms. The quantitative estimate of drug-likeness (QED) is 0.537. The predicted molar refractivity (Wildman–Crippen MR) is 78.5 cm³/mol. The Morgan fingerprint density at radius 3 is 2.58 bits per heavy atom. The third-order valence-corrected chi connectivity index (χ3v) is 3.39. The maximum Gasteiger partial charge on any atom is 0.323 e. The summed E-state index contributed by atoms with van der Waals surface area (Å²) in [6.07, 6.45) is 4.68. The molecule has 0 aromatic rings. The zero-order chi connectivity index (χ0) is 14.7. The third kappa shape index (κ3) is 8.22. The van der Waals surface area contributed by atoms with E-state index < -0.39 is 11.5 Å². The molecule has 4 nitrogen and oxygen atoms in total. The van der Waals surface area contributed by atoms with E-state index in [0.29, 0.717) is 18.9 Å². The first-order valence-electron chi connectivity index (χ1n) is 7.52. The van der Waals surface area contributed by atoms with Crippen molar-refractivity contribution in [2.75, 3.05) is 19.8 Å². The molecule has 0 radical (unpaired) electrons. The molecule has 0 amide bonds. The van der Waals surface area contributed by atoms with Gasteiger partial charge in [-0.2, -0.15) is 0 Å². The number of rotatable bonds is 12. The van der Waals surface area contributed by atoms with E-state index in [1.807, 2.05) is 6.92 Å². The normalized spacial score (nSPS) is 16.0. The molecule has 2 unspecified atom stereocenters. The van der Waals surface area contributed by atoms with E-state index in [1.54, 1.807) is 6.92 Å². The van der Waals surface area contributed by atoms with Gasteiger partial charge in [0, 0.05) is 13.2 Å². The Labute approximate surface area is 117 Å².